The minimum absolute atomic E-state index is 0.390. The van der Waals surface area contributed by atoms with Crippen molar-refractivity contribution >= 4 is 5.69 Å². The fraction of sp³-hybridized carbons (Fsp3) is 0.688. The number of aliphatic hydroxyl groups excluding tert-OH is 6. The van der Waals surface area contributed by atoms with Gasteiger partial charge in [0.1, 0.15) is 42.7 Å². The van der Waals surface area contributed by atoms with Gasteiger partial charge in [-0.15, -0.1) is 0 Å². The Balaban J connectivity index is 1.65. The summed E-state index contributed by atoms with van der Waals surface area (Å²) < 4.78 is 21.1. The molecule has 2 fully saturated rings. The van der Waals surface area contributed by atoms with Gasteiger partial charge in [0.25, 0.3) is 5.88 Å². The Morgan fingerprint density at radius 2 is 1.80 bits per heavy atom. The zero-order valence-electron chi connectivity index (χ0n) is 15.4. The summed E-state index contributed by atoms with van der Waals surface area (Å²) in [4.78, 5) is 14.0. The summed E-state index contributed by atoms with van der Waals surface area (Å²) in [6.07, 6.45) is -12.7. The van der Waals surface area contributed by atoms with Crippen molar-refractivity contribution < 1.29 is 54.5 Å². The van der Waals surface area contributed by atoms with Crippen molar-refractivity contribution in [1.29, 1.82) is 0 Å². The molecule has 6 N–H and O–H groups in total. The van der Waals surface area contributed by atoms with Gasteiger partial charge in [-0.2, -0.15) is 0 Å². The Kier molecular flexibility index (Phi) is 7.12. The first-order chi connectivity index (χ1) is 14.2. The molecule has 2 saturated heterocycles. The molecular formula is C16H22N2O12. The Morgan fingerprint density at radius 3 is 2.47 bits per heavy atom. The van der Waals surface area contributed by atoms with Crippen molar-refractivity contribution in [3.8, 4) is 5.88 Å². The molecule has 0 amide bonds. The van der Waals surface area contributed by atoms with E-state index < -0.39 is 85.0 Å². The molecule has 0 unspecified atom stereocenters. The zero-order valence-corrected chi connectivity index (χ0v) is 15.4. The summed E-state index contributed by atoms with van der Waals surface area (Å²) in [7, 11) is 0. The van der Waals surface area contributed by atoms with E-state index in [1.165, 1.54) is 12.3 Å². The predicted molar refractivity (Wildman–Crippen MR) is 91.9 cm³/mol. The molecule has 0 aromatic carbocycles. The first-order valence-corrected chi connectivity index (χ1v) is 8.94. The number of hydrogen-bond donors (Lipinski definition) is 6. The minimum Gasteiger partial charge on any atom is -0.440 e. The lowest BCUT2D eigenvalue weighted by Crippen LogP contribution is -2.62. The van der Waals surface area contributed by atoms with Crippen LogP contribution in [0.3, 0.4) is 0 Å². The van der Waals surface area contributed by atoms with Gasteiger partial charge in [0, 0.05) is 12.3 Å². The monoisotopic (exact) mass is 434 g/mol. The summed E-state index contributed by atoms with van der Waals surface area (Å²) in [6, 6.07) is 2.46. The first kappa shape index (κ1) is 22.7. The zero-order chi connectivity index (χ0) is 22.0. The molecule has 1 aromatic heterocycles. The van der Waals surface area contributed by atoms with Gasteiger partial charge in [0.15, 0.2) is 6.29 Å². The van der Waals surface area contributed by atoms with E-state index in [0.717, 1.165) is 6.07 Å². The molecule has 30 heavy (non-hydrogen) atoms. The van der Waals surface area contributed by atoms with E-state index in [9.17, 15) is 40.8 Å². The summed E-state index contributed by atoms with van der Waals surface area (Å²) in [5.74, 6) is -0.424. The number of nitro groups is 1. The maximum Gasteiger partial charge on any atom is 0.331 e. The fourth-order valence-electron chi connectivity index (χ4n) is 3.07. The lowest BCUT2D eigenvalue weighted by molar-refractivity contribution is -0.387. The second-order valence-corrected chi connectivity index (χ2v) is 6.76. The molecule has 2 aliphatic rings. The van der Waals surface area contributed by atoms with E-state index in [1.807, 2.05) is 0 Å². The molecule has 9 atom stereocenters. The molecule has 3 heterocycles. The van der Waals surface area contributed by atoms with E-state index in [2.05, 4.69) is 4.98 Å². The van der Waals surface area contributed by atoms with Crippen LogP contribution in [0.4, 0.5) is 5.69 Å². The van der Waals surface area contributed by atoms with Crippen LogP contribution in [0, 0.1) is 10.1 Å². The molecule has 14 nitrogen and oxygen atoms in total. The molecule has 3 rings (SSSR count). The molecule has 1 aromatic rings. The third-order valence-electron chi connectivity index (χ3n) is 4.77. The van der Waals surface area contributed by atoms with E-state index >= 15 is 0 Å². The van der Waals surface area contributed by atoms with E-state index in [1.54, 1.807) is 0 Å². The number of ether oxygens (including phenoxy) is 4. The van der Waals surface area contributed by atoms with E-state index in [4.69, 9.17) is 18.9 Å². The highest BCUT2D eigenvalue weighted by molar-refractivity contribution is 5.39. The van der Waals surface area contributed by atoms with Crippen LogP contribution in [-0.2, 0) is 14.2 Å². The Morgan fingerprint density at radius 1 is 1.10 bits per heavy atom. The molecule has 2 aliphatic heterocycles. The van der Waals surface area contributed by atoms with Crippen LogP contribution in [0.2, 0.25) is 0 Å². The lowest BCUT2D eigenvalue weighted by atomic mass is 9.99. The Labute approximate surface area is 169 Å². The summed E-state index contributed by atoms with van der Waals surface area (Å²) in [5.41, 5.74) is -0.470. The van der Waals surface area contributed by atoms with Crippen LogP contribution < -0.4 is 4.74 Å². The van der Waals surface area contributed by atoms with Crippen LogP contribution in [0.5, 0.6) is 5.88 Å². The fourth-order valence-corrected chi connectivity index (χ4v) is 3.07. The highest BCUT2D eigenvalue weighted by Crippen LogP contribution is 2.29. The Bertz CT molecular complexity index is 736. The number of nitrogens with zero attached hydrogens (tertiary/aromatic N) is 2. The number of pyridine rings is 1. The highest BCUT2D eigenvalue weighted by atomic mass is 16.7. The molecular weight excluding hydrogens is 412 g/mol. The van der Waals surface area contributed by atoms with Crippen molar-refractivity contribution in [3.63, 3.8) is 0 Å². The van der Waals surface area contributed by atoms with Gasteiger partial charge in [0.2, 0.25) is 6.29 Å². The third kappa shape index (κ3) is 4.51. The van der Waals surface area contributed by atoms with Crippen LogP contribution in [0.15, 0.2) is 18.3 Å². The van der Waals surface area contributed by atoms with Crippen LogP contribution in [-0.4, -0.2) is 109 Å². The number of aliphatic hydroxyl groups is 6. The summed E-state index contributed by atoms with van der Waals surface area (Å²) in [6.45, 7) is -1.06. The van der Waals surface area contributed by atoms with Gasteiger partial charge >= 0.3 is 5.69 Å². The summed E-state index contributed by atoms with van der Waals surface area (Å²) in [5, 5.41) is 70.4. The van der Waals surface area contributed by atoms with Gasteiger partial charge in [-0.3, -0.25) is 10.1 Å². The van der Waals surface area contributed by atoms with Crippen molar-refractivity contribution in [1.82, 2.24) is 4.98 Å². The van der Waals surface area contributed by atoms with Crippen molar-refractivity contribution in [2.75, 3.05) is 13.2 Å². The predicted octanol–water partition coefficient (Wildman–Crippen LogP) is -3.37. The molecule has 0 aliphatic carbocycles. The maximum atomic E-state index is 11.0. The first-order valence-electron chi connectivity index (χ1n) is 8.94. The largest absolute Gasteiger partial charge is 0.440 e. The van der Waals surface area contributed by atoms with Crippen molar-refractivity contribution in [3.05, 3.63) is 28.4 Å². The van der Waals surface area contributed by atoms with Crippen molar-refractivity contribution in [2.45, 2.75) is 55.3 Å². The van der Waals surface area contributed by atoms with Crippen LogP contribution in [0.1, 0.15) is 0 Å². The molecule has 168 valence electrons. The average Bonchev–Trinajstić information content (AvgIpc) is 2.73. The quantitative estimate of drug-likeness (QED) is 0.191. The SMILES string of the molecule is O=[N+]([O-])c1cccnc1O[C@@H]1OC[C@@H](O[C@@H]2O[C@H](CO)[C@H](O)[C@H](O)[C@H]2O)[C@H](O)[C@H]1O. The molecule has 0 saturated carbocycles. The minimum atomic E-state index is -1.73. The van der Waals surface area contributed by atoms with Gasteiger partial charge in [-0.05, 0) is 6.07 Å². The molecule has 0 bridgehead atoms. The van der Waals surface area contributed by atoms with Gasteiger partial charge in [-0.25, -0.2) is 4.98 Å². The average molecular weight is 434 g/mol. The number of hydrogen-bond acceptors (Lipinski definition) is 13. The normalized spacial score (nSPS) is 39.5. The summed E-state index contributed by atoms with van der Waals surface area (Å²) >= 11 is 0. The standard InChI is InChI=1S/C16H22N2O12/c19-4-7-9(20)11(22)13(24)16(28-7)29-8-5-27-15(12(23)10(8)21)30-14-6(18(25)26)2-1-3-17-14/h1-3,7-13,15-16,19-24H,4-5H2/t7-,8-,9+,10+,11+,12-,13-,15+,16+/m1/s1. The lowest BCUT2D eigenvalue weighted by Gasteiger charge is -2.43. The number of aromatic nitrogens is 1. The highest BCUT2D eigenvalue weighted by Gasteiger charge is 2.48. The molecule has 0 radical (unpaired) electrons. The van der Waals surface area contributed by atoms with Gasteiger partial charge in [-0.1, -0.05) is 0 Å². The smallest absolute Gasteiger partial charge is 0.331 e. The van der Waals surface area contributed by atoms with Gasteiger partial charge < -0.3 is 49.6 Å². The van der Waals surface area contributed by atoms with E-state index in [0.29, 0.717) is 0 Å². The Hall–Kier alpha value is -2.01. The van der Waals surface area contributed by atoms with E-state index in [-0.39, 0.29) is 0 Å². The molecule has 14 heteroatoms. The van der Waals surface area contributed by atoms with Gasteiger partial charge in [0.05, 0.1) is 18.1 Å². The van der Waals surface area contributed by atoms with Crippen molar-refractivity contribution in [2.24, 2.45) is 0 Å². The van der Waals surface area contributed by atoms with Crippen LogP contribution >= 0.6 is 0 Å². The van der Waals surface area contributed by atoms with Crippen LogP contribution in [0.25, 0.3) is 0 Å². The number of rotatable bonds is 6. The third-order valence-corrected chi connectivity index (χ3v) is 4.77. The second kappa shape index (κ2) is 9.42. The molecule has 0 spiro atoms. The topological polar surface area (TPSA) is 214 Å². The maximum absolute atomic E-state index is 11.0. The second-order valence-electron chi connectivity index (χ2n) is 6.76.